The van der Waals surface area contributed by atoms with Crippen LogP contribution in [0.5, 0.6) is 0 Å². The number of carbonyl (C=O) groups is 2. The maximum absolute atomic E-state index is 12.6. The van der Waals surface area contributed by atoms with Crippen molar-refractivity contribution in [3.63, 3.8) is 0 Å². The van der Waals surface area contributed by atoms with Crippen molar-refractivity contribution < 1.29 is 42.4 Å². The van der Waals surface area contributed by atoms with Gasteiger partial charge in [-0.1, -0.05) is 110 Å². The Morgan fingerprint density at radius 3 is 1.26 bits per heavy atom. The first-order valence-corrected chi connectivity index (χ1v) is 22.6. The molecule has 2 N–H and O–H groups in total. The van der Waals surface area contributed by atoms with Gasteiger partial charge < -0.3 is 0 Å². The molecule has 0 heterocycles. The molecule has 0 aliphatic carbocycles. The van der Waals surface area contributed by atoms with Crippen molar-refractivity contribution in [1.29, 1.82) is 0 Å². The number of ether oxygens (including phenoxy) is 2. The van der Waals surface area contributed by atoms with Crippen molar-refractivity contribution in [3.05, 3.63) is 0 Å². The van der Waals surface area contributed by atoms with Gasteiger partial charge in [-0.2, -0.15) is 0 Å². The van der Waals surface area contributed by atoms with Crippen LogP contribution in [0.3, 0.4) is 0 Å². The van der Waals surface area contributed by atoms with E-state index in [4.69, 9.17) is 18.5 Å². The van der Waals surface area contributed by atoms with Crippen LogP contribution in [0.15, 0.2) is 0 Å². The zero-order valence-electron chi connectivity index (χ0n) is 33.5. The second-order valence-corrected chi connectivity index (χ2v) is 17.2. The molecule has 0 aromatic heterocycles. The Labute approximate surface area is 309 Å². The molecule has 0 aliphatic heterocycles. The van der Waals surface area contributed by atoms with E-state index in [-0.39, 0.29) is 32.2 Å². The minimum Gasteiger partial charge on any atom is -0.0654 e. The van der Waals surface area contributed by atoms with Gasteiger partial charge in [-0.25, -0.2) is 0 Å². The van der Waals surface area contributed by atoms with Gasteiger partial charge in [0.1, 0.15) is 0 Å². The molecule has 0 radical (unpaired) electrons. The fourth-order valence-corrected chi connectivity index (χ4v) is 6.73. The molecule has 10 heteroatoms. The Kier molecular flexibility index (Phi) is 33.4. The van der Waals surface area contributed by atoms with E-state index < -0.39 is 20.2 Å². The van der Waals surface area contributed by atoms with Crippen molar-refractivity contribution in [2.45, 2.75) is 200 Å². The Bertz CT molecular complexity index is 777. The van der Waals surface area contributed by atoms with Crippen molar-refractivity contribution in [1.82, 2.24) is 0 Å². The summed E-state index contributed by atoms with van der Waals surface area (Å²) in [6, 6.07) is 0. The van der Waals surface area contributed by atoms with Crippen molar-refractivity contribution >= 4 is 20.1 Å². The van der Waals surface area contributed by atoms with Crippen LogP contribution >= 0.6 is 8.17 Å². The summed E-state index contributed by atoms with van der Waals surface area (Å²) < 4.78 is 22.1. The van der Waals surface area contributed by atoms with E-state index in [1.807, 2.05) is 21.1 Å². The van der Waals surface area contributed by atoms with E-state index >= 15 is 0 Å². The molecule has 50 heavy (non-hydrogen) atoms. The Balaban J connectivity index is 4.36. The normalized spacial score (nSPS) is 13.0. The van der Waals surface area contributed by atoms with Crippen LogP contribution in [-0.2, 0) is 28.1 Å². The predicted molar refractivity (Wildman–Crippen MR) is 209 cm³/mol. The van der Waals surface area contributed by atoms with Crippen LogP contribution in [0, 0.1) is 0 Å². The SMILES string of the molecule is CCCCCCCCCCCCCCCC(=O)OC[C@H](CO[PH](O)(O)OCC[N+](C)(C)C)OC(=O)CCCCCCCCCCCCCCC. The minimum atomic E-state index is -4.43. The molecule has 0 saturated heterocycles. The van der Waals surface area contributed by atoms with Crippen LogP contribution in [-0.4, -0.2) is 79.8 Å². The number of esters is 2. The monoisotopic (exact) mass is 737 g/mol. The third-order valence-electron chi connectivity index (χ3n) is 9.21. The molecular weight excluding hydrogens is 653 g/mol. The third kappa shape index (κ3) is 36.9. The maximum atomic E-state index is 12.6. The van der Waals surface area contributed by atoms with Gasteiger partial charge >= 0.3 is 200 Å². The Morgan fingerprint density at radius 1 is 0.520 bits per heavy atom. The molecule has 0 aromatic rings. The van der Waals surface area contributed by atoms with Crippen LogP contribution < -0.4 is 0 Å². The third-order valence-corrected chi connectivity index (χ3v) is 10.3. The molecule has 0 fully saturated rings. The summed E-state index contributed by atoms with van der Waals surface area (Å²) in [6.07, 6.45) is 31.6. The van der Waals surface area contributed by atoms with Crippen LogP contribution in [0.2, 0.25) is 0 Å². The fraction of sp³-hybridized carbons (Fsp3) is 0.950. The molecule has 0 amide bonds. The summed E-state index contributed by atoms with van der Waals surface area (Å²) in [6.45, 7) is 4.67. The zero-order valence-corrected chi connectivity index (χ0v) is 34.5. The molecular formula is C40H83NO8P+. The number of hydrogen-bond donors (Lipinski definition) is 2. The second-order valence-electron chi connectivity index (χ2n) is 15.5. The van der Waals surface area contributed by atoms with E-state index in [2.05, 4.69) is 13.8 Å². The van der Waals surface area contributed by atoms with Gasteiger partial charge in [0, 0.05) is 0 Å². The molecule has 300 valence electrons. The standard InChI is InChI=1S/C40H83NO8P/c1-6-8-10-12-14-16-18-20-22-24-26-28-30-32-39(42)46-36-38(37-48-50(44,45)47-35-34-41(3,4)5)49-40(43)33-31-29-27-25-23-21-19-17-15-13-11-9-7-2/h38,44-45,50H,6-37H2,1-5H3/q+1/t38-/m1/s1. The Morgan fingerprint density at radius 2 is 0.880 bits per heavy atom. The van der Waals surface area contributed by atoms with E-state index in [1.165, 1.54) is 128 Å². The quantitative estimate of drug-likeness (QED) is 0.0279. The van der Waals surface area contributed by atoms with Gasteiger partial charge in [0.05, 0.1) is 0 Å². The number of nitrogens with zero attached hydrogens (tertiary/aromatic N) is 1. The van der Waals surface area contributed by atoms with Crippen LogP contribution in [0.4, 0.5) is 0 Å². The number of rotatable bonds is 38. The van der Waals surface area contributed by atoms with E-state index in [1.54, 1.807) is 0 Å². The summed E-state index contributed by atoms with van der Waals surface area (Å²) in [5.74, 6) is -0.746. The first kappa shape index (κ1) is 49.2. The Hall–Kier alpha value is -0.830. The number of quaternary nitrogens is 1. The number of likely N-dealkylation sites (N-methyl/N-ethyl adjacent to an activating group) is 1. The van der Waals surface area contributed by atoms with Gasteiger partial charge in [-0.05, 0) is 0 Å². The molecule has 0 bridgehead atoms. The predicted octanol–water partition coefficient (Wildman–Crippen LogP) is 10.5. The van der Waals surface area contributed by atoms with Crippen molar-refractivity contribution in [2.75, 3.05) is 47.5 Å². The van der Waals surface area contributed by atoms with Gasteiger partial charge in [0.25, 0.3) is 0 Å². The summed E-state index contributed by atoms with van der Waals surface area (Å²) in [5.41, 5.74) is 0. The van der Waals surface area contributed by atoms with Crippen LogP contribution in [0.1, 0.15) is 194 Å². The first-order chi connectivity index (χ1) is 24.0. The van der Waals surface area contributed by atoms with Gasteiger partial charge in [0.15, 0.2) is 0 Å². The van der Waals surface area contributed by atoms with E-state index in [0.29, 0.717) is 17.4 Å². The number of unbranched alkanes of at least 4 members (excludes halogenated alkanes) is 24. The summed E-state index contributed by atoms with van der Waals surface area (Å²) in [5, 5.41) is 0. The minimum absolute atomic E-state index is 0.111. The summed E-state index contributed by atoms with van der Waals surface area (Å²) >= 11 is 0. The average Bonchev–Trinajstić information content (AvgIpc) is 3.06. The fourth-order valence-electron chi connectivity index (χ4n) is 5.89. The molecule has 0 saturated carbocycles. The van der Waals surface area contributed by atoms with Gasteiger partial charge in [0.2, 0.25) is 0 Å². The zero-order chi connectivity index (χ0) is 37.2. The molecule has 9 nitrogen and oxygen atoms in total. The molecule has 0 aromatic carbocycles. The molecule has 1 atom stereocenters. The first-order valence-electron chi connectivity index (χ1n) is 20.9. The van der Waals surface area contributed by atoms with Gasteiger partial charge in [-0.15, -0.1) is 0 Å². The molecule has 0 aliphatic rings. The molecule has 0 spiro atoms. The van der Waals surface area contributed by atoms with Gasteiger partial charge in [-0.3, -0.25) is 0 Å². The molecule has 0 unspecified atom stereocenters. The number of hydrogen-bond acceptors (Lipinski definition) is 8. The van der Waals surface area contributed by atoms with Crippen LogP contribution in [0.25, 0.3) is 0 Å². The topological polar surface area (TPSA) is 112 Å². The number of carbonyl (C=O) groups excluding carboxylic acids is 2. The van der Waals surface area contributed by atoms with Crippen molar-refractivity contribution in [3.8, 4) is 0 Å². The van der Waals surface area contributed by atoms with E-state index in [9.17, 15) is 19.4 Å². The smallest absolute Gasteiger partial charge is 0.0654 e. The second kappa shape index (κ2) is 34.0. The summed E-state index contributed by atoms with van der Waals surface area (Å²) in [7, 11) is 1.49. The molecule has 0 rings (SSSR count). The van der Waals surface area contributed by atoms with E-state index in [0.717, 1.165) is 38.5 Å². The summed E-state index contributed by atoms with van der Waals surface area (Å²) in [4.78, 5) is 45.7. The van der Waals surface area contributed by atoms with Crippen molar-refractivity contribution in [2.24, 2.45) is 0 Å². The average molecular weight is 737 g/mol.